The Morgan fingerprint density at radius 2 is 2.27 bits per heavy atom. The van der Waals surface area contributed by atoms with E-state index in [9.17, 15) is 15.0 Å². The van der Waals surface area contributed by atoms with E-state index >= 15 is 0 Å². The zero-order valence-corrected chi connectivity index (χ0v) is 8.60. The molecule has 0 aliphatic heterocycles. The van der Waals surface area contributed by atoms with Crippen molar-refractivity contribution >= 4 is 0 Å². The molecule has 1 rings (SSSR count). The first-order valence-electron chi connectivity index (χ1n) is 4.84. The monoisotopic (exact) mass is 212 g/mol. The van der Waals surface area contributed by atoms with Crippen LogP contribution in [0.4, 0.5) is 0 Å². The second kappa shape index (κ2) is 5.65. The van der Waals surface area contributed by atoms with Crippen molar-refractivity contribution < 1.29 is 10.2 Å². The number of aromatic amines is 1. The summed E-state index contributed by atoms with van der Waals surface area (Å²) in [6.45, 7) is 0.613. The third-order valence-corrected chi connectivity index (χ3v) is 2.20. The molecule has 4 N–H and O–H groups in total. The molecule has 0 aliphatic carbocycles. The second-order valence-electron chi connectivity index (χ2n) is 3.39. The summed E-state index contributed by atoms with van der Waals surface area (Å²) in [5.41, 5.74) is 0.148. The number of pyridine rings is 1. The molecular weight excluding hydrogens is 196 g/mol. The van der Waals surface area contributed by atoms with Crippen molar-refractivity contribution in [2.24, 2.45) is 0 Å². The number of aromatic nitrogens is 1. The standard InChI is InChI=1S/C10H16N2O3/c1-11-4-3-8(13)10(15)7-2-5-12-9(14)6-7/h2,5-6,8,10-11,13,15H,3-4H2,1H3,(H,12,14). The van der Waals surface area contributed by atoms with E-state index in [0.29, 0.717) is 18.5 Å². The second-order valence-corrected chi connectivity index (χ2v) is 3.39. The third-order valence-electron chi connectivity index (χ3n) is 2.20. The largest absolute Gasteiger partial charge is 0.390 e. The normalized spacial score (nSPS) is 14.9. The molecular formula is C10H16N2O3. The van der Waals surface area contributed by atoms with Crippen molar-refractivity contribution in [3.8, 4) is 0 Å². The van der Waals surface area contributed by atoms with Gasteiger partial charge in [-0.3, -0.25) is 4.79 Å². The van der Waals surface area contributed by atoms with Crippen LogP contribution in [0.1, 0.15) is 18.1 Å². The van der Waals surface area contributed by atoms with Gasteiger partial charge in [0, 0.05) is 12.3 Å². The van der Waals surface area contributed by atoms with Crippen LogP contribution >= 0.6 is 0 Å². The number of rotatable bonds is 5. The summed E-state index contributed by atoms with van der Waals surface area (Å²) in [5.74, 6) is 0. The fourth-order valence-electron chi connectivity index (χ4n) is 1.32. The number of H-pyrrole nitrogens is 1. The first-order valence-corrected chi connectivity index (χ1v) is 4.84. The van der Waals surface area contributed by atoms with E-state index in [4.69, 9.17) is 0 Å². The summed E-state index contributed by atoms with van der Waals surface area (Å²) in [4.78, 5) is 13.4. The molecule has 2 unspecified atom stereocenters. The molecule has 1 aromatic rings. The summed E-state index contributed by atoms with van der Waals surface area (Å²) in [7, 11) is 1.77. The molecule has 0 saturated carbocycles. The molecule has 2 atom stereocenters. The molecule has 0 bridgehead atoms. The van der Waals surface area contributed by atoms with Crippen LogP contribution in [0.5, 0.6) is 0 Å². The number of aliphatic hydroxyl groups is 2. The summed E-state index contributed by atoms with van der Waals surface area (Å²) in [5, 5.41) is 22.2. The molecule has 1 aromatic heterocycles. The van der Waals surface area contributed by atoms with Gasteiger partial charge in [0.25, 0.3) is 0 Å². The number of hydrogen-bond donors (Lipinski definition) is 4. The van der Waals surface area contributed by atoms with E-state index < -0.39 is 12.2 Å². The highest BCUT2D eigenvalue weighted by atomic mass is 16.3. The van der Waals surface area contributed by atoms with Crippen LogP contribution in [-0.4, -0.2) is 34.9 Å². The van der Waals surface area contributed by atoms with Gasteiger partial charge in [0.1, 0.15) is 6.10 Å². The predicted molar refractivity (Wildman–Crippen MR) is 56.6 cm³/mol. The van der Waals surface area contributed by atoms with Gasteiger partial charge >= 0.3 is 0 Å². The Balaban J connectivity index is 2.67. The van der Waals surface area contributed by atoms with Crippen molar-refractivity contribution in [3.05, 3.63) is 34.2 Å². The van der Waals surface area contributed by atoms with E-state index in [1.807, 2.05) is 0 Å². The highest BCUT2D eigenvalue weighted by Gasteiger charge is 2.17. The Labute approximate surface area is 87.8 Å². The maximum atomic E-state index is 11.0. The van der Waals surface area contributed by atoms with E-state index in [1.165, 1.54) is 12.3 Å². The molecule has 84 valence electrons. The topological polar surface area (TPSA) is 85.3 Å². The summed E-state index contributed by atoms with van der Waals surface area (Å²) >= 11 is 0. The van der Waals surface area contributed by atoms with Gasteiger partial charge in [-0.15, -0.1) is 0 Å². The molecule has 0 aromatic carbocycles. The molecule has 0 radical (unpaired) electrons. The van der Waals surface area contributed by atoms with Crippen LogP contribution in [0.25, 0.3) is 0 Å². The van der Waals surface area contributed by atoms with Crippen molar-refractivity contribution in [2.75, 3.05) is 13.6 Å². The van der Waals surface area contributed by atoms with Crippen LogP contribution in [0.2, 0.25) is 0 Å². The average Bonchev–Trinajstić information content (AvgIpc) is 2.24. The van der Waals surface area contributed by atoms with Crippen LogP contribution in [0, 0.1) is 0 Å². The van der Waals surface area contributed by atoms with Crippen LogP contribution < -0.4 is 10.9 Å². The number of hydrogen-bond acceptors (Lipinski definition) is 4. The van der Waals surface area contributed by atoms with Gasteiger partial charge in [-0.1, -0.05) is 0 Å². The average molecular weight is 212 g/mol. The minimum Gasteiger partial charge on any atom is -0.390 e. The molecule has 0 saturated heterocycles. The first kappa shape index (κ1) is 11.9. The lowest BCUT2D eigenvalue weighted by molar-refractivity contribution is 0.0139. The van der Waals surface area contributed by atoms with Gasteiger partial charge < -0.3 is 20.5 Å². The summed E-state index contributed by atoms with van der Waals surface area (Å²) in [6.07, 6.45) is 0.00997. The fraction of sp³-hybridized carbons (Fsp3) is 0.500. The van der Waals surface area contributed by atoms with Crippen LogP contribution in [-0.2, 0) is 0 Å². The van der Waals surface area contributed by atoms with Crippen LogP contribution in [0.3, 0.4) is 0 Å². The Kier molecular flexibility index (Phi) is 4.48. The molecule has 0 spiro atoms. The first-order chi connectivity index (χ1) is 7.15. The lowest BCUT2D eigenvalue weighted by Crippen LogP contribution is -2.24. The van der Waals surface area contributed by atoms with Gasteiger partial charge in [-0.2, -0.15) is 0 Å². The smallest absolute Gasteiger partial charge is 0.248 e. The minimum atomic E-state index is -1.01. The summed E-state index contributed by atoms with van der Waals surface area (Å²) < 4.78 is 0. The number of aliphatic hydroxyl groups excluding tert-OH is 2. The van der Waals surface area contributed by atoms with E-state index in [1.54, 1.807) is 13.1 Å². The zero-order chi connectivity index (χ0) is 11.3. The maximum absolute atomic E-state index is 11.0. The maximum Gasteiger partial charge on any atom is 0.248 e. The minimum absolute atomic E-state index is 0.285. The van der Waals surface area contributed by atoms with Crippen molar-refractivity contribution in [3.63, 3.8) is 0 Å². The molecule has 0 amide bonds. The Morgan fingerprint density at radius 3 is 2.87 bits per heavy atom. The molecule has 1 heterocycles. The molecule has 15 heavy (non-hydrogen) atoms. The van der Waals surface area contributed by atoms with Gasteiger partial charge in [0.15, 0.2) is 0 Å². The van der Waals surface area contributed by atoms with Gasteiger partial charge in [0.05, 0.1) is 6.10 Å². The van der Waals surface area contributed by atoms with Gasteiger partial charge in [-0.25, -0.2) is 0 Å². The molecule has 5 nitrogen and oxygen atoms in total. The Hall–Kier alpha value is -1.17. The van der Waals surface area contributed by atoms with Crippen LogP contribution in [0.15, 0.2) is 23.1 Å². The quantitative estimate of drug-likeness (QED) is 0.524. The van der Waals surface area contributed by atoms with Crippen molar-refractivity contribution in [1.82, 2.24) is 10.3 Å². The van der Waals surface area contributed by atoms with E-state index in [2.05, 4.69) is 10.3 Å². The van der Waals surface area contributed by atoms with Crippen molar-refractivity contribution in [2.45, 2.75) is 18.6 Å². The number of nitrogens with one attached hydrogen (secondary N) is 2. The predicted octanol–water partition coefficient (Wildman–Crippen LogP) is -0.621. The Bertz CT molecular complexity index is 351. The lowest BCUT2D eigenvalue weighted by Gasteiger charge is -2.17. The highest BCUT2D eigenvalue weighted by Crippen LogP contribution is 2.16. The molecule has 0 fully saturated rings. The lowest BCUT2D eigenvalue weighted by atomic mass is 10.0. The van der Waals surface area contributed by atoms with Gasteiger partial charge in [0.2, 0.25) is 5.56 Å². The van der Waals surface area contributed by atoms with Gasteiger partial charge in [-0.05, 0) is 31.6 Å². The van der Waals surface area contributed by atoms with E-state index in [-0.39, 0.29) is 5.56 Å². The highest BCUT2D eigenvalue weighted by molar-refractivity contribution is 5.14. The third kappa shape index (κ3) is 3.47. The summed E-state index contributed by atoms with van der Waals surface area (Å²) in [6, 6.07) is 2.86. The molecule has 5 heteroatoms. The fourth-order valence-corrected chi connectivity index (χ4v) is 1.32. The Morgan fingerprint density at radius 1 is 1.53 bits per heavy atom. The molecule has 0 aliphatic rings. The zero-order valence-electron chi connectivity index (χ0n) is 8.60. The van der Waals surface area contributed by atoms with Crippen molar-refractivity contribution in [1.29, 1.82) is 0 Å². The SMILES string of the molecule is CNCCC(O)C(O)c1cc[nH]c(=O)c1. The van der Waals surface area contributed by atoms with E-state index in [0.717, 1.165) is 0 Å².